The molecule has 0 heterocycles. The fourth-order valence-corrected chi connectivity index (χ4v) is 1.92. The monoisotopic (exact) mass is 307 g/mol. The first-order valence-corrected chi connectivity index (χ1v) is 8.06. The van der Waals surface area contributed by atoms with E-state index >= 15 is 0 Å². The summed E-state index contributed by atoms with van der Waals surface area (Å²) in [5.41, 5.74) is 4.10. The molecule has 0 N–H and O–H groups in total. The smallest absolute Gasteiger partial charge is 0.320 e. The third kappa shape index (κ3) is 13.6. The molecule has 0 fully saturated rings. The van der Waals surface area contributed by atoms with Crippen LogP contribution in [0.4, 0.5) is 0 Å². The van der Waals surface area contributed by atoms with Gasteiger partial charge >= 0.3 is 5.97 Å². The van der Waals surface area contributed by atoms with Crippen LogP contribution in [0.1, 0.15) is 53.4 Å². The third-order valence-electron chi connectivity index (χ3n) is 3.24. The van der Waals surface area contributed by atoms with E-state index in [2.05, 4.69) is 39.8 Å². The lowest BCUT2D eigenvalue weighted by Gasteiger charge is -2.08. The van der Waals surface area contributed by atoms with Crippen LogP contribution in [0.3, 0.4) is 0 Å². The van der Waals surface area contributed by atoms with Crippen molar-refractivity contribution in [1.82, 2.24) is 4.90 Å². The van der Waals surface area contributed by atoms with E-state index in [0.717, 1.165) is 25.7 Å². The number of ether oxygens (including phenoxy) is 1. The van der Waals surface area contributed by atoms with Gasteiger partial charge in [0.25, 0.3) is 0 Å². The normalized spacial score (nSPS) is 12.5. The molecule has 0 spiro atoms. The van der Waals surface area contributed by atoms with Gasteiger partial charge in [0.1, 0.15) is 6.61 Å². The van der Waals surface area contributed by atoms with Gasteiger partial charge in [-0.1, -0.05) is 28.9 Å². The summed E-state index contributed by atoms with van der Waals surface area (Å²) in [5.74, 6) is -0.177. The molecule has 22 heavy (non-hydrogen) atoms. The Kier molecular flexibility index (Phi) is 11.5. The van der Waals surface area contributed by atoms with E-state index in [1.54, 1.807) is 0 Å². The van der Waals surface area contributed by atoms with Crippen LogP contribution >= 0.6 is 0 Å². The number of hydrogen-bond donors (Lipinski definition) is 0. The highest BCUT2D eigenvalue weighted by atomic mass is 16.5. The van der Waals surface area contributed by atoms with Crippen molar-refractivity contribution in [3.8, 4) is 0 Å². The quantitative estimate of drug-likeness (QED) is 0.439. The maximum Gasteiger partial charge on any atom is 0.320 e. The molecule has 126 valence electrons. The van der Waals surface area contributed by atoms with E-state index in [9.17, 15) is 4.79 Å². The summed E-state index contributed by atoms with van der Waals surface area (Å²) in [4.78, 5) is 13.2. The zero-order valence-corrected chi connectivity index (χ0v) is 15.2. The van der Waals surface area contributed by atoms with Gasteiger partial charge in [-0.3, -0.25) is 9.69 Å². The minimum atomic E-state index is -0.177. The van der Waals surface area contributed by atoms with Gasteiger partial charge in [-0.15, -0.1) is 0 Å². The van der Waals surface area contributed by atoms with Crippen LogP contribution in [0.2, 0.25) is 0 Å². The summed E-state index contributed by atoms with van der Waals surface area (Å²) >= 11 is 0. The van der Waals surface area contributed by atoms with E-state index in [1.165, 1.54) is 16.7 Å². The number of likely N-dealkylation sites (N-methyl/N-ethyl adjacent to an activating group) is 1. The molecule has 0 unspecified atom stereocenters. The SMILES string of the molecule is CC(C)=CCC/C(C)=C\CC/C(C)=C/COC(=O)CN(C)C. The summed E-state index contributed by atoms with van der Waals surface area (Å²) < 4.78 is 5.15. The zero-order chi connectivity index (χ0) is 17.0. The molecule has 0 amide bonds. The van der Waals surface area contributed by atoms with Crippen molar-refractivity contribution < 1.29 is 9.53 Å². The molecule has 0 aromatic carbocycles. The van der Waals surface area contributed by atoms with Crippen LogP contribution < -0.4 is 0 Å². The molecule has 0 aliphatic rings. The molecule has 0 aliphatic heterocycles. The van der Waals surface area contributed by atoms with E-state index in [-0.39, 0.29) is 5.97 Å². The lowest BCUT2D eigenvalue weighted by atomic mass is 10.1. The second-order valence-corrected chi connectivity index (χ2v) is 6.38. The summed E-state index contributed by atoms with van der Waals surface area (Å²) in [6.07, 6.45) is 10.9. The van der Waals surface area contributed by atoms with Crippen LogP contribution in [-0.2, 0) is 9.53 Å². The van der Waals surface area contributed by atoms with Gasteiger partial charge in [-0.05, 0) is 73.5 Å². The van der Waals surface area contributed by atoms with Gasteiger partial charge in [-0.2, -0.15) is 0 Å². The van der Waals surface area contributed by atoms with Crippen molar-refractivity contribution in [2.45, 2.75) is 53.4 Å². The van der Waals surface area contributed by atoms with Gasteiger partial charge in [0.2, 0.25) is 0 Å². The van der Waals surface area contributed by atoms with Crippen LogP contribution in [0.5, 0.6) is 0 Å². The fraction of sp³-hybridized carbons (Fsp3) is 0.632. The maximum atomic E-state index is 11.4. The first kappa shape index (κ1) is 20.6. The standard InChI is InChI=1S/C19H33NO2/c1-16(2)9-7-10-17(3)11-8-12-18(4)13-14-22-19(21)15-20(5)6/h9,11,13H,7-8,10,12,14-15H2,1-6H3/b17-11-,18-13+. The average molecular weight is 307 g/mol. The number of esters is 1. The molecule has 3 nitrogen and oxygen atoms in total. The zero-order valence-electron chi connectivity index (χ0n) is 15.2. The molecule has 0 radical (unpaired) electrons. The van der Waals surface area contributed by atoms with E-state index in [4.69, 9.17) is 4.74 Å². The van der Waals surface area contributed by atoms with Gasteiger partial charge in [-0.25, -0.2) is 0 Å². The number of nitrogens with zero attached hydrogens (tertiary/aromatic N) is 1. The maximum absolute atomic E-state index is 11.4. The van der Waals surface area contributed by atoms with Crippen LogP contribution in [0.15, 0.2) is 34.9 Å². The number of carbonyl (C=O) groups excluding carboxylic acids is 1. The van der Waals surface area contributed by atoms with Crippen molar-refractivity contribution >= 4 is 5.97 Å². The summed E-state index contributed by atoms with van der Waals surface area (Å²) in [6.45, 7) is 9.27. The predicted molar refractivity (Wildman–Crippen MR) is 94.9 cm³/mol. The molecule has 0 bridgehead atoms. The highest BCUT2D eigenvalue weighted by Crippen LogP contribution is 2.11. The van der Waals surface area contributed by atoms with Crippen LogP contribution in [0, 0.1) is 0 Å². The number of hydrogen-bond acceptors (Lipinski definition) is 3. The van der Waals surface area contributed by atoms with Crippen molar-refractivity contribution in [3.63, 3.8) is 0 Å². The summed E-state index contributed by atoms with van der Waals surface area (Å²) in [5, 5.41) is 0. The van der Waals surface area contributed by atoms with Crippen molar-refractivity contribution in [1.29, 1.82) is 0 Å². The Balaban J connectivity index is 3.92. The van der Waals surface area contributed by atoms with E-state index < -0.39 is 0 Å². The van der Waals surface area contributed by atoms with Crippen molar-refractivity contribution in [2.75, 3.05) is 27.2 Å². The Morgan fingerprint density at radius 1 is 0.909 bits per heavy atom. The summed E-state index contributed by atoms with van der Waals surface area (Å²) in [7, 11) is 3.71. The molecular formula is C19H33NO2. The minimum Gasteiger partial charge on any atom is -0.460 e. The molecule has 0 aromatic heterocycles. The first-order valence-electron chi connectivity index (χ1n) is 8.06. The average Bonchev–Trinajstić information content (AvgIpc) is 2.37. The number of carbonyl (C=O) groups is 1. The topological polar surface area (TPSA) is 29.5 Å². The lowest BCUT2D eigenvalue weighted by molar-refractivity contribution is -0.143. The first-order chi connectivity index (χ1) is 10.3. The van der Waals surface area contributed by atoms with Crippen molar-refractivity contribution in [3.05, 3.63) is 34.9 Å². The Hall–Kier alpha value is -1.35. The Labute approximate surface area is 136 Å². The summed E-state index contributed by atoms with van der Waals surface area (Å²) in [6, 6.07) is 0. The van der Waals surface area contributed by atoms with Crippen molar-refractivity contribution in [2.24, 2.45) is 0 Å². The van der Waals surface area contributed by atoms with Gasteiger partial charge in [0, 0.05) is 0 Å². The molecule has 0 aromatic rings. The third-order valence-corrected chi connectivity index (χ3v) is 3.24. The van der Waals surface area contributed by atoms with Crippen LogP contribution in [0.25, 0.3) is 0 Å². The largest absolute Gasteiger partial charge is 0.460 e. The van der Waals surface area contributed by atoms with Gasteiger partial charge in [0.15, 0.2) is 0 Å². The molecular weight excluding hydrogens is 274 g/mol. The highest BCUT2D eigenvalue weighted by molar-refractivity contribution is 5.71. The number of allylic oxidation sites excluding steroid dienone is 5. The lowest BCUT2D eigenvalue weighted by Crippen LogP contribution is -2.23. The molecule has 3 heteroatoms. The van der Waals surface area contributed by atoms with Gasteiger partial charge in [0.05, 0.1) is 6.54 Å². The molecule has 0 saturated carbocycles. The fourth-order valence-electron chi connectivity index (χ4n) is 1.92. The molecule has 0 saturated heterocycles. The van der Waals surface area contributed by atoms with Gasteiger partial charge < -0.3 is 4.74 Å². The van der Waals surface area contributed by atoms with Crippen LogP contribution in [-0.4, -0.2) is 38.1 Å². The van der Waals surface area contributed by atoms with E-state index in [1.807, 2.05) is 25.1 Å². The molecule has 0 atom stereocenters. The Morgan fingerprint density at radius 3 is 2.00 bits per heavy atom. The molecule has 0 rings (SSSR count). The second kappa shape index (κ2) is 12.2. The Morgan fingerprint density at radius 2 is 1.45 bits per heavy atom. The molecule has 0 aliphatic carbocycles. The van der Waals surface area contributed by atoms with E-state index in [0.29, 0.717) is 13.2 Å². The Bertz CT molecular complexity index is 413. The second-order valence-electron chi connectivity index (χ2n) is 6.38. The number of rotatable bonds is 10. The highest BCUT2D eigenvalue weighted by Gasteiger charge is 2.02. The minimum absolute atomic E-state index is 0.177. The predicted octanol–water partition coefficient (Wildman–Crippen LogP) is 4.51.